The molecule has 4 aromatic rings. The highest BCUT2D eigenvalue weighted by Gasteiger charge is 2.16. The first-order valence-corrected chi connectivity index (χ1v) is 8.59. The van der Waals surface area contributed by atoms with Crippen LogP contribution < -0.4 is 21.3 Å². The van der Waals surface area contributed by atoms with E-state index < -0.39 is 11.1 Å². The molecule has 1 N–H and O–H groups in total. The Morgan fingerprint density at radius 1 is 0.960 bits per heavy atom. The Morgan fingerprint density at radius 2 is 1.68 bits per heavy atom. The van der Waals surface area contributed by atoms with Crippen LogP contribution >= 0.6 is 11.3 Å². The standard InChI is InChI=1S/C19H14N2O3S/c22-18-19(23)21(18)20-15-10-17(25-12-15)14-6-8-16(9-7-14)24-11-13-4-2-1-3-5-13/h1-10,12,20H,11H2. The average Bonchev–Trinajstić information content (AvgIpc) is 3.03. The Balaban J connectivity index is 1.41. The second-order valence-electron chi connectivity index (χ2n) is 5.56. The van der Waals surface area contributed by atoms with E-state index in [1.165, 1.54) is 11.3 Å². The monoisotopic (exact) mass is 350 g/mol. The van der Waals surface area contributed by atoms with Crippen molar-refractivity contribution in [3.63, 3.8) is 0 Å². The van der Waals surface area contributed by atoms with Crippen LogP contribution in [0.25, 0.3) is 10.4 Å². The summed E-state index contributed by atoms with van der Waals surface area (Å²) in [4.78, 5) is 23.0. The van der Waals surface area contributed by atoms with Gasteiger partial charge in [0.15, 0.2) is 0 Å². The minimum absolute atomic E-state index is 0.507. The van der Waals surface area contributed by atoms with Crippen LogP contribution in [0.5, 0.6) is 5.75 Å². The van der Waals surface area contributed by atoms with E-state index in [4.69, 9.17) is 4.74 Å². The molecule has 0 aliphatic rings. The lowest BCUT2D eigenvalue weighted by Crippen LogP contribution is -2.06. The van der Waals surface area contributed by atoms with Crippen LogP contribution in [-0.4, -0.2) is 4.68 Å². The van der Waals surface area contributed by atoms with Crippen LogP contribution in [0.3, 0.4) is 0 Å². The molecule has 0 amide bonds. The van der Waals surface area contributed by atoms with Crippen molar-refractivity contribution in [2.75, 3.05) is 5.43 Å². The molecule has 0 saturated heterocycles. The summed E-state index contributed by atoms with van der Waals surface area (Å²) in [5.74, 6) is 0.808. The lowest BCUT2D eigenvalue weighted by Gasteiger charge is -2.07. The maximum atomic E-state index is 11.0. The summed E-state index contributed by atoms with van der Waals surface area (Å²) in [6, 6.07) is 19.8. The fourth-order valence-electron chi connectivity index (χ4n) is 2.37. The fourth-order valence-corrected chi connectivity index (χ4v) is 3.21. The molecule has 5 nitrogen and oxygen atoms in total. The van der Waals surface area contributed by atoms with E-state index in [1.54, 1.807) is 0 Å². The van der Waals surface area contributed by atoms with Gasteiger partial charge in [0, 0.05) is 10.3 Å². The molecular formula is C19H14N2O3S. The number of hydrogen-bond acceptors (Lipinski definition) is 5. The van der Waals surface area contributed by atoms with Gasteiger partial charge in [-0.2, -0.15) is 4.68 Å². The van der Waals surface area contributed by atoms with E-state index in [9.17, 15) is 9.59 Å². The maximum Gasteiger partial charge on any atom is 0.340 e. The Kier molecular flexibility index (Phi) is 3.95. The predicted octanol–water partition coefficient (Wildman–Crippen LogP) is 3.27. The van der Waals surface area contributed by atoms with Crippen molar-refractivity contribution < 1.29 is 4.74 Å². The Bertz CT molecular complexity index is 1030. The number of anilines is 1. The van der Waals surface area contributed by atoms with Crippen LogP contribution in [0.4, 0.5) is 5.69 Å². The minimum atomic E-state index is -0.507. The van der Waals surface area contributed by atoms with Gasteiger partial charge in [0.1, 0.15) is 12.4 Å². The number of aromatic nitrogens is 1. The molecule has 0 spiro atoms. The molecule has 124 valence electrons. The maximum absolute atomic E-state index is 11.0. The number of hydrogen-bond donors (Lipinski definition) is 1. The molecule has 0 bridgehead atoms. The van der Waals surface area contributed by atoms with E-state index in [2.05, 4.69) is 5.43 Å². The van der Waals surface area contributed by atoms with Crippen molar-refractivity contribution in [2.24, 2.45) is 0 Å². The van der Waals surface area contributed by atoms with Gasteiger partial charge in [0.25, 0.3) is 0 Å². The van der Waals surface area contributed by atoms with Crippen LogP contribution in [0.1, 0.15) is 5.56 Å². The molecule has 4 rings (SSSR count). The molecular weight excluding hydrogens is 336 g/mol. The van der Waals surface area contributed by atoms with E-state index in [0.717, 1.165) is 32.1 Å². The van der Waals surface area contributed by atoms with Gasteiger partial charge in [0.05, 0.1) is 5.69 Å². The van der Waals surface area contributed by atoms with Gasteiger partial charge in [-0.3, -0.25) is 15.0 Å². The van der Waals surface area contributed by atoms with Gasteiger partial charge < -0.3 is 4.74 Å². The number of thiophene rings is 1. The second kappa shape index (κ2) is 6.41. The SMILES string of the molecule is O=c1c(=O)n1Nc1csc(-c2ccc(OCc3ccccc3)cc2)c1. The molecule has 0 saturated carbocycles. The third kappa shape index (κ3) is 3.39. The Hall–Kier alpha value is -3.12. The largest absolute Gasteiger partial charge is 0.489 e. The van der Waals surface area contributed by atoms with Gasteiger partial charge in [-0.15, -0.1) is 11.3 Å². The molecule has 6 heteroatoms. The highest BCUT2D eigenvalue weighted by molar-refractivity contribution is 7.14. The smallest absolute Gasteiger partial charge is 0.340 e. The van der Waals surface area contributed by atoms with Gasteiger partial charge in [-0.25, -0.2) is 0 Å². The van der Waals surface area contributed by atoms with Crippen molar-refractivity contribution >= 4 is 17.0 Å². The third-order valence-corrected chi connectivity index (χ3v) is 4.75. The zero-order chi connectivity index (χ0) is 17.2. The molecule has 0 aliphatic heterocycles. The molecule has 0 atom stereocenters. The van der Waals surface area contributed by atoms with Crippen LogP contribution in [0, 0.1) is 0 Å². The van der Waals surface area contributed by atoms with Crippen molar-refractivity contribution in [2.45, 2.75) is 6.61 Å². The number of benzene rings is 2. The number of nitrogens with zero attached hydrogens (tertiary/aromatic N) is 1. The lowest BCUT2D eigenvalue weighted by molar-refractivity contribution is 0.306. The number of ether oxygens (including phenoxy) is 1. The predicted molar refractivity (Wildman–Crippen MR) is 98.9 cm³/mol. The van der Waals surface area contributed by atoms with Crippen molar-refractivity contribution in [1.29, 1.82) is 0 Å². The molecule has 0 fully saturated rings. The first-order chi connectivity index (χ1) is 12.2. The van der Waals surface area contributed by atoms with Crippen molar-refractivity contribution in [1.82, 2.24) is 4.68 Å². The summed E-state index contributed by atoms with van der Waals surface area (Å²) in [5.41, 5.74) is 4.66. The molecule has 25 heavy (non-hydrogen) atoms. The first kappa shape index (κ1) is 15.4. The summed E-state index contributed by atoms with van der Waals surface area (Å²) < 4.78 is 6.77. The van der Waals surface area contributed by atoms with Crippen molar-refractivity contribution in [3.05, 3.63) is 92.3 Å². The molecule has 0 unspecified atom stereocenters. The lowest BCUT2D eigenvalue weighted by atomic mass is 10.2. The zero-order valence-electron chi connectivity index (χ0n) is 13.1. The summed E-state index contributed by atoms with van der Waals surface area (Å²) in [5, 5.41) is 1.87. The van der Waals surface area contributed by atoms with E-state index in [0.29, 0.717) is 6.61 Å². The second-order valence-corrected chi connectivity index (χ2v) is 6.47. The highest BCUT2D eigenvalue weighted by atomic mass is 32.1. The topological polar surface area (TPSA) is 60.3 Å². The van der Waals surface area contributed by atoms with Crippen molar-refractivity contribution in [3.8, 4) is 16.2 Å². The molecule has 0 radical (unpaired) electrons. The summed E-state index contributed by atoms with van der Waals surface area (Å²) in [7, 11) is 0. The summed E-state index contributed by atoms with van der Waals surface area (Å²) in [6.07, 6.45) is 0. The molecule has 0 aliphatic carbocycles. The Labute approximate surface area is 147 Å². The van der Waals surface area contributed by atoms with Crippen LogP contribution in [-0.2, 0) is 6.61 Å². The highest BCUT2D eigenvalue weighted by Crippen LogP contribution is 2.31. The number of rotatable bonds is 6. The zero-order valence-corrected chi connectivity index (χ0v) is 14.0. The summed E-state index contributed by atoms with van der Waals surface area (Å²) in [6.45, 7) is 0.533. The van der Waals surface area contributed by atoms with Gasteiger partial charge >= 0.3 is 11.1 Å². The van der Waals surface area contributed by atoms with E-state index >= 15 is 0 Å². The first-order valence-electron chi connectivity index (χ1n) is 7.71. The normalized spacial score (nSPS) is 10.9. The van der Waals surface area contributed by atoms with Crippen LogP contribution in [0.2, 0.25) is 0 Å². The van der Waals surface area contributed by atoms with Crippen LogP contribution in [0.15, 0.2) is 75.6 Å². The van der Waals surface area contributed by atoms with E-state index in [1.807, 2.05) is 66.0 Å². The Morgan fingerprint density at radius 3 is 2.36 bits per heavy atom. The fraction of sp³-hybridized carbons (Fsp3) is 0.0526. The van der Waals surface area contributed by atoms with Gasteiger partial charge in [-0.1, -0.05) is 30.3 Å². The number of nitrogens with one attached hydrogen (secondary N) is 1. The van der Waals surface area contributed by atoms with Gasteiger partial charge in [-0.05, 0) is 41.5 Å². The summed E-state index contributed by atoms with van der Waals surface area (Å²) >= 11 is 1.54. The van der Waals surface area contributed by atoms with E-state index in [-0.39, 0.29) is 0 Å². The molecule has 2 aromatic heterocycles. The molecule has 2 heterocycles. The third-order valence-electron chi connectivity index (χ3n) is 3.77. The average molecular weight is 350 g/mol. The van der Waals surface area contributed by atoms with Gasteiger partial charge in [0.2, 0.25) is 0 Å². The quantitative estimate of drug-likeness (QED) is 0.542. The minimum Gasteiger partial charge on any atom is -0.489 e. The molecule has 2 aromatic carbocycles.